The van der Waals surface area contributed by atoms with Gasteiger partial charge in [-0.05, 0) is 25.0 Å². The third kappa shape index (κ3) is 5.78. The number of carbonyl (C=O) groups excluding carboxylic acids is 1. The Morgan fingerprint density at radius 1 is 1.16 bits per heavy atom. The molecule has 31 heavy (non-hydrogen) atoms. The Bertz CT molecular complexity index is 786. The highest BCUT2D eigenvalue weighted by molar-refractivity contribution is 7.91. The molecule has 0 aromatic carbocycles. The lowest BCUT2D eigenvalue weighted by molar-refractivity contribution is -0.133. The van der Waals surface area contributed by atoms with Crippen molar-refractivity contribution >= 4 is 46.6 Å². The maximum atomic E-state index is 13.5. The van der Waals surface area contributed by atoms with E-state index in [1.807, 2.05) is 23.1 Å². The van der Waals surface area contributed by atoms with Crippen molar-refractivity contribution in [2.24, 2.45) is 0 Å². The van der Waals surface area contributed by atoms with Crippen LogP contribution in [-0.4, -0.2) is 98.0 Å². The second kappa shape index (κ2) is 12.1. The summed E-state index contributed by atoms with van der Waals surface area (Å²) in [5.41, 5.74) is 1.60. The number of anilines is 1. The predicted octanol–water partition coefficient (Wildman–Crippen LogP) is 0.363. The molecule has 3 rings (SSSR count). The first kappa shape index (κ1) is 27.8. The number of halogens is 2. The average Bonchev–Trinajstić information content (AvgIpc) is 2.78. The number of pyridine rings is 1. The average molecular weight is 500 g/mol. The molecule has 1 aromatic rings. The Morgan fingerprint density at radius 3 is 2.32 bits per heavy atom. The zero-order valence-corrected chi connectivity index (χ0v) is 19.9. The molecule has 0 spiro atoms. The zero-order valence-electron chi connectivity index (χ0n) is 17.5. The van der Waals surface area contributed by atoms with Crippen LogP contribution in [0.3, 0.4) is 0 Å². The minimum atomic E-state index is -3.95. The van der Waals surface area contributed by atoms with E-state index >= 15 is 0 Å². The maximum Gasteiger partial charge on any atom is 0.266 e. The van der Waals surface area contributed by atoms with E-state index in [-0.39, 0.29) is 50.7 Å². The van der Waals surface area contributed by atoms with Gasteiger partial charge in [0.25, 0.3) is 5.91 Å². The second-order valence-electron chi connectivity index (χ2n) is 7.35. The summed E-state index contributed by atoms with van der Waals surface area (Å²) in [5.74, 6) is -0.0464. The summed E-state index contributed by atoms with van der Waals surface area (Å²) < 4.78 is 31.8. The molecule has 2 saturated heterocycles. The van der Waals surface area contributed by atoms with Gasteiger partial charge in [0.05, 0.1) is 6.61 Å². The number of hydrogen-bond acceptors (Lipinski definition) is 8. The molecule has 2 aliphatic rings. The molecule has 10 nitrogen and oxygen atoms in total. The zero-order chi connectivity index (χ0) is 20.9. The summed E-state index contributed by atoms with van der Waals surface area (Å²) >= 11 is 0. The van der Waals surface area contributed by atoms with Crippen LogP contribution in [-0.2, 0) is 19.6 Å². The molecule has 3 heterocycles. The molecule has 2 aliphatic heterocycles. The van der Waals surface area contributed by atoms with E-state index in [4.69, 9.17) is 4.74 Å². The third-order valence-electron chi connectivity index (χ3n) is 5.84. The van der Waals surface area contributed by atoms with E-state index in [9.17, 15) is 18.4 Å². The first-order valence-electron chi connectivity index (χ1n) is 9.76. The van der Waals surface area contributed by atoms with Gasteiger partial charge >= 0.3 is 0 Å². The van der Waals surface area contributed by atoms with Crippen molar-refractivity contribution in [1.82, 2.24) is 19.7 Å². The highest BCUT2D eigenvalue weighted by atomic mass is 35.5. The molecule has 0 saturated carbocycles. The SMILES string of the molecule is COCCN1CCC(C(=O)NO)(S(=O)(=O)N2CCN(c3ccccn3)CC2)CC1.Cl.Cl. The number of ether oxygens (including phenoxy) is 1. The Morgan fingerprint density at radius 2 is 1.81 bits per heavy atom. The van der Waals surface area contributed by atoms with Gasteiger partial charge in [0.15, 0.2) is 4.75 Å². The van der Waals surface area contributed by atoms with Crippen LogP contribution in [0.1, 0.15) is 12.8 Å². The van der Waals surface area contributed by atoms with E-state index in [1.54, 1.807) is 18.8 Å². The van der Waals surface area contributed by atoms with Crippen LogP contribution in [0, 0.1) is 0 Å². The molecule has 0 aliphatic carbocycles. The number of hydroxylamine groups is 1. The quantitative estimate of drug-likeness (QED) is 0.408. The van der Waals surface area contributed by atoms with Gasteiger partial charge in [-0.25, -0.2) is 18.9 Å². The van der Waals surface area contributed by atoms with E-state index in [0.29, 0.717) is 39.3 Å². The van der Waals surface area contributed by atoms with Gasteiger partial charge in [-0.3, -0.25) is 10.0 Å². The highest BCUT2D eigenvalue weighted by Crippen LogP contribution is 2.34. The van der Waals surface area contributed by atoms with Crippen molar-refractivity contribution in [3.8, 4) is 0 Å². The molecule has 13 heteroatoms. The van der Waals surface area contributed by atoms with Gasteiger partial charge in [0.1, 0.15) is 5.82 Å². The van der Waals surface area contributed by atoms with E-state index in [1.165, 1.54) is 4.31 Å². The summed E-state index contributed by atoms with van der Waals surface area (Å²) in [6.45, 7) is 3.64. The Hall–Kier alpha value is -1.21. The minimum Gasteiger partial charge on any atom is -0.383 e. The Kier molecular flexibility index (Phi) is 10.9. The number of likely N-dealkylation sites (tertiary alicyclic amines) is 1. The number of methoxy groups -OCH3 is 1. The van der Waals surface area contributed by atoms with Crippen LogP contribution < -0.4 is 10.4 Å². The first-order chi connectivity index (χ1) is 13.9. The number of carbonyl (C=O) groups is 1. The number of nitrogens with zero attached hydrogens (tertiary/aromatic N) is 4. The van der Waals surface area contributed by atoms with Gasteiger partial charge in [0.2, 0.25) is 10.0 Å². The van der Waals surface area contributed by atoms with Gasteiger partial charge in [-0.1, -0.05) is 6.07 Å². The van der Waals surface area contributed by atoms with E-state index < -0.39 is 20.7 Å². The lowest BCUT2D eigenvalue weighted by atomic mass is 9.95. The number of piperazine rings is 1. The fourth-order valence-corrected chi connectivity index (χ4v) is 6.12. The lowest BCUT2D eigenvalue weighted by Gasteiger charge is -2.43. The fraction of sp³-hybridized carbons (Fsp3) is 0.667. The molecule has 178 valence electrons. The monoisotopic (exact) mass is 499 g/mol. The van der Waals surface area contributed by atoms with Crippen molar-refractivity contribution in [3.63, 3.8) is 0 Å². The molecule has 1 amide bonds. The van der Waals surface area contributed by atoms with Gasteiger partial charge in [-0.15, -0.1) is 24.8 Å². The molecule has 1 aromatic heterocycles. The summed E-state index contributed by atoms with van der Waals surface area (Å²) in [6.07, 6.45) is 1.97. The number of rotatable bonds is 7. The minimum absolute atomic E-state index is 0. The standard InChI is InChI=1S/C18H29N5O5S.2ClH/c1-28-15-14-21-8-5-18(6-9-21,17(24)20-25)29(26,27)23-12-10-22(11-13-23)16-4-2-3-7-19-16;;/h2-4,7,25H,5-6,8-15H2,1H3,(H,20,24);2*1H. The fourth-order valence-electron chi connectivity index (χ4n) is 4.01. The molecule has 0 unspecified atom stereocenters. The summed E-state index contributed by atoms with van der Waals surface area (Å²) in [5, 5.41) is 9.28. The first-order valence-corrected chi connectivity index (χ1v) is 11.2. The number of aromatic nitrogens is 1. The molecule has 0 atom stereocenters. The van der Waals surface area contributed by atoms with Crippen LogP contribution in [0.15, 0.2) is 24.4 Å². The molecular formula is C18H31Cl2N5O5S. The van der Waals surface area contributed by atoms with Crippen LogP contribution in [0.5, 0.6) is 0 Å². The van der Waals surface area contributed by atoms with E-state index in [0.717, 1.165) is 5.82 Å². The number of sulfonamides is 1. The molecular weight excluding hydrogens is 469 g/mol. The molecule has 2 N–H and O–H groups in total. The van der Waals surface area contributed by atoms with Crippen molar-refractivity contribution in [2.45, 2.75) is 17.6 Å². The van der Waals surface area contributed by atoms with Crippen LogP contribution in [0.2, 0.25) is 0 Å². The number of hydrogen-bond donors (Lipinski definition) is 2. The van der Waals surface area contributed by atoms with Gasteiger partial charge < -0.3 is 14.5 Å². The second-order valence-corrected chi connectivity index (χ2v) is 9.60. The Labute approximate surface area is 195 Å². The van der Waals surface area contributed by atoms with Crippen molar-refractivity contribution < 1.29 is 23.2 Å². The number of amides is 1. The highest BCUT2D eigenvalue weighted by Gasteiger charge is 2.55. The van der Waals surface area contributed by atoms with Gasteiger partial charge in [0, 0.05) is 59.1 Å². The molecule has 2 fully saturated rings. The number of piperidine rings is 1. The van der Waals surface area contributed by atoms with Crippen molar-refractivity contribution in [1.29, 1.82) is 0 Å². The summed E-state index contributed by atoms with van der Waals surface area (Å²) in [6, 6.07) is 5.62. The van der Waals surface area contributed by atoms with Gasteiger partial charge in [-0.2, -0.15) is 4.31 Å². The van der Waals surface area contributed by atoms with E-state index in [2.05, 4.69) is 9.88 Å². The van der Waals surface area contributed by atoms with Crippen LogP contribution in [0.25, 0.3) is 0 Å². The third-order valence-corrected chi connectivity index (χ3v) is 8.46. The molecule has 0 bridgehead atoms. The topological polar surface area (TPSA) is 115 Å². The maximum absolute atomic E-state index is 13.5. The van der Waals surface area contributed by atoms with Crippen LogP contribution >= 0.6 is 24.8 Å². The largest absolute Gasteiger partial charge is 0.383 e. The lowest BCUT2D eigenvalue weighted by Crippen LogP contribution is -2.63. The van der Waals surface area contributed by atoms with Crippen molar-refractivity contribution in [3.05, 3.63) is 24.4 Å². The molecule has 0 radical (unpaired) electrons. The predicted molar refractivity (Wildman–Crippen MR) is 122 cm³/mol. The summed E-state index contributed by atoms with van der Waals surface area (Å²) in [4.78, 5) is 21.0. The normalized spacial score (nSPS) is 19.7. The smallest absolute Gasteiger partial charge is 0.266 e. The van der Waals surface area contributed by atoms with Crippen molar-refractivity contribution in [2.75, 3.05) is 64.4 Å². The Balaban J connectivity index is 0.00000240. The number of nitrogens with one attached hydrogen (secondary N) is 1. The van der Waals surface area contributed by atoms with Crippen LogP contribution in [0.4, 0.5) is 5.82 Å². The summed E-state index contributed by atoms with van der Waals surface area (Å²) in [7, 11) is -2.34.